The third-order valence-electron chi connectivity index (χ3n) is 4.72. The third kappa shape index (κ3) is 3.32. The molecule has 0 radical (unpaired) electrons. The molecule has 3 heterocycles. The number of ketones is 1. The maximum absolute atomic E-state index is 13.1. The first kappa shape index (κ1) is 19.8. The Morgan fingerprint density at radius 3 is 2.39 bits per heavy atom. The molecule has 28 heavy (non-hydrogen) atoms. The molecule has 9 heteroatoms. The molecular weight excluding hydrogens is 360 g/mol. The van der Waals surface area contributed by atoms with Gasteiger partial charge in [0.2, 0.25) is 5.95 Å². The van der Waals surface area contributed by atoms with E-state index in [2.05, 4.69) is 23.9 Å². The molecule has 0 amide bonds. The van der Waals surface area contributed by atoms with Crippen molar-refractivity contribution in [2.45, 2.75) is 54.1 Å². The van der Waals surface area contributed by atoms with Gasteiger partial charge in [-0.2, -0.15) is 10.1 Å². The molecule has 3 aromatic rings. The van der Waals surface area contributed by atoms with E-state index in [9.17, 15) is 14.4 Å². The van der Waals surface area contributed by atoms with Gasteiger partial charge in [-0.15, -0.1) is 0 Å². The van der Waals surface area contributed by atoms with Crippen LogP contribution in [0, 0.1) is 19.8 Å². The number of imidazole rings is 1. The predicted octanol–water partition coefficient (Wildman–Crippen LogP) is 1.33. The highest BCUT2D eigenvalue weighted by Crippen LogP contribution is 2.19. The molecule has 0 aliphatic carbocycles. The van der Waals surface area contributed by atoms with Gasteiger partial charge < -0.3 is 4.57 Å². The van der Waals surface area contributed by atoms with E-state index in [-0.39, 0.29) is 12.3 Å². The minimum absolute atomic E-state index is 0.258. The Balaban J connectivity index is 2.40. The van der Waals surface area contributed by atoms with Gasteiger partial charge in [-0.3, -0.25) is 18.7 Å². The zero-order chi connectivity index (χ0) is 20.7. The summed E-state index contributed by atoms with van der Waals surface area (Å²) in [6.07, 6.45) is 0.826. The number of aromatic nitrogens is 6. The number of hydrogen-bond donors (Lipinski definition) is 0. The number of hydrogen-bond acceptors (Lipinski definition) is 5. The second kappa shape index (κ2) is 7.21. The highest BCUT2D eigenvalue weighted by atomic mass is 16.2. The van der Waals surface area contributed by atoms with Crippen LogP contribution in [-0.4, -0.2) is 34.2 Å². The fraction of sp³-hybridized carbons (Fsp3) is 0.526. The molecule has 0 unspecified atom stereocenters. The number of aryl methyl sites for hydroxylation is 4. The van der Waals surface area contributed by atoms with E-state index in [1.807, 2.05) is 24.5 Å². The summed E-state index contributed by atoms with van der Waals surface area (Å²) in [5.41, 5.74) is 1.27. The molecule has 0 N–H and O–H groups in total. The Kier molecular flexibility index (Phi) is 5.10. The van der Waals surface area contributed by atoms with Crippen molar-refractivity contribution >= 4 is 16.9 Å². The summed E-state index contributed by atoms with van der Waals surface area (Å²) in [6.45, 7) is 9.66. The van der Waals surface area contributed by atoms with Crippen LogP contribution in [0.15, 0.2) is 15.7 Å². The number of fused-ring (bicyclic) bond motifs is 1. The zero-order valence-corrected chi connectivity index (χ0v) is 17.2. The Morgan fingerprint density at radius 1 is 1.18 bits per heavy atom. The van der Waals surface area contributed by atoms with Crippen molar-refractivity contribution in [2.24, 2.45) is 13.0 Å². The van der Waals surface area contributed by atoms with Gasteiger partial charge in [0, 0.05) is 19.3 Å². The predicted molar refractivity (Wildman–Crippen MR) is 106 cm³/mol. The van der Waals surface area contributed by atoms with Gasteiger partial charge >= 0.3 is 5.69 Å². The highest BCUT2D eigenvalue weighted by Gasteiger charge is 2.23. The van der Waals surface area contributed by atoms with Crippen molar-refractivity contribution in [1.29, 1.82) is 0 Å². The second-order valence-corrected chi connectivity index (χ2v) is 7.69. The van der Waals surface area contributed by atoms with Crippen LogP contribution < -0.4 is 11.2 Å². The van der Waals surface area contributed by atoms with E-state index in [0.717, 1.165) is 22.4 Å². The van der Waals surface area contributed by atoms with E-state index < -0.39 is 11.2 Å². The normalized spacial score (nSPS) is 11.7. The fourth-order valence-corrected chi connectivity index (χ4v) is 3.31. The van der Waals surface area contributed by atoms with E-state index >= 15 is 0 Å². The lowest BCUT2D eigenvalue weighted by Crippen LogP contribution is -2.41. The molecule has 0 spiro atoms. The maximum Gasteiger partial charge on any atom is 0.332 e. The average molecular weight is 386 g/mol. The van der Waals surface area contributed by atoms with Gasteiger partial charge in [-0.1, -0.05) is 13.8 Å². The summed E-state index contributed by atoms with van der Waals surface area (Å²) in [5, 5.41) is 4.50. The van der Waals surface area contributed by atoms with Crippen molar-refractivity contribution < 1.29 is 4.79 Å². The smallest absolute Gasteiger partial charge is 0.302 e. The van der Waals surface area contributed by atoms with Crippen molar-refractivity contribution in [3.63, 3.8) is 0 Å². The Morgan fingerprint density at radius 2 is 1.86 bits per heavy atom. The van der Waals surface area contributed by atoms with Crippen LogP contribution in [0.1, 0.15) is 38.6 Å². The summed E-state index contributed by atoms with van der Waals surface area (Å²) >= 11 is 0. The molecule has 0 atom stereocenters. The molecule has 0 aliphatic heterocycles. The lowest BCUT2D eigenvalue weighted by Gasteiger charge is -2.12. The summed E-state index contributed by atoms with van der Waals surface area (Å²) < 4.78 is 5.80. The topological polar surface area (TPSA) is 96.7 Å². The quantitative estimate of drug-likeness (QED) is 0.637. The number of Topliss-reactive ketones (excluding diaryl/α,β-unsaturated/α-hetero) is 1. The average Bonchev–Trinajstić information content (AvgIpc) is 3.14. The lowest BCUT2D eigenvalue weighted by atomic mass is 10.1. The molecule has 3 aromatic heterocycles. The minimum atomic E-state index is -0.555. The zero-order valence-electron chi connectivity index (χ0n) is 17.2. The second-order valence-electron chi connectivity index (χ2n) is 7.69. The summed E-state index contributed by atoms with van der Waals surface area (Å²) in [6, 6.07) is 1.93. The van der Waals surface area contributed by atoms with Gasteiger partial charge in [0.15, 0.2) is 11.2 Å². The Labute approximate surface area is 162 Å². The summed E-state index contributed by atoms with van der Waals surface area (Å²) in [4.78, 5) is 42.0. The molecule has 0 bridgehead atoms. The molecular formula is C19H26N6O3. The standard InChI is InChI=1S/C19H26N6O3/c1-11(2)7-8-23-15-16(20-18(23)25-13(4)9-12(3)21-25)22(6)19(28)24(17(15)27)10-14(5)26/h9,11H,7-8,10H2,1-6H3. The van der Waals surface area contributed by atoms with Crippen molar-refractivity contribution in [3.05, 3.63) is 38.3 Å². The van der Waals surface area contributed by atoms with E-state index in [0.29, 0.717) is 29.6 Å². The summed E-state index contributed by atoms with van der Waals surface area (Å²) in [7, 11) is 1.56. The van der Waals surface area contributed by atoms with Crippen molar-refractivity contribution in [1.82, 2.24) is 28.5 Å². The van der Waals surface area contributed by atoms with Crippen molar-refractivity contribution in [3.8, 4) is 5.95 Å². The minimum Gasteiger partial charge on any atom is -0.302 e. The SMILES string of the molecule is CC(=O)Cn1c(=O)c2c(nc(-n3nc(C)cc3C)n2CCC(C)C)n(C)c1=O. The van der Waals surface area contributed by atoms with E-state index in [1.165, 1.54) is 11.5 Å². The van der Waals surface area contributed by atoms with Crippen molar-refractivity contribution in [2.75, 3.05) is 0 Å². The first-order chi connectivity index (χ1) is 13.1. The van der Waals surface area contributed by atoms with Crippen LogP contribution in [0.3, 0.4) is 0 Å². The number of carbonyl (C=O) groups is 1. The van der Waals surface area contributed by atoms with Crippen LogP contribution >= 0.6 is 0 Å². The highest BCUT2D eigenvalue weighted by molar-refractivity contribution is 5.76. The first-order valence-electron chi connectivity index (χ1n) is 9.35. The van der Waals surface area contributed by atoms with E-state index in [1.54, 1.807) is 11.7 Å². The monoisotopic (exact) mass is 386 g/mol. The van der Waals surface area contributed by atoms with Gasteiger partial charge in [0.1, 0.15) is 5.78 Å². The van der Waals surface area contributed by atoms with Crippen LogP contribution in [0.4, 0.5) is 0 Å². The molecule has 9 nitrogen and oxygen atoms in total. The number of rotatable bonds is 6. The lowest BCUT2D eigenvalue weighted by molar-refractivity contribution is -0.117. The fourth-order valence-electron chi connectivity index (χ4n) is 3.31. The molecule has 150 valence electrons. The number of carbonyl (C=O) groups excluding carboxylic acids is 1. The largest absolute Gasteiger partial charge is 0.332 e. The van der Waals surface area contributed by atoms with Gasteiger partial charge in [-0.05, 0) is 39.2 Å². The van der Waals surface area contributed by atoms with Gasteiger partial charge in [0.05, 0.1) is 12.2 Å². The van der Waals surface area contributed by atoms with Gasteiger partial charge in [-0.25, -0.2) is 9.48 Å². The Bertz CT molecular complexity index is 1180. The molecule has 0 fully saturated rings. The molecule has 0 aromatic carbocycles. The number of nitrogens with zero attached hydrogens (tertiary/aromatic N) is 6. The Hall–Kier alpha value is -2.97. The van der Waals surface area contributed by atoms with Gasteiger partial charge in [0.25, 0.3) is 5.56 Å². The molecule has 0 aliphatic rings. The summed E-state index contributed by atoms with van der Waals surface area (Å²) in [5.74, 6) is 0.650. The van der Waals surface area contributed by atoms with E-state index in [4.69, 9.17) is 0 Å². The molecule has 3 rings (SSSR count). The molecule has 0 saturated carbocycles. The first-order valence-corrected chi connectivity index (χ1v) is 9.35. The van der Waals surface area contributed by atoms with Crippen LogP contribution in [0.25, 0.3) is 17.1 Å². The van der Waals surface area contributed by atoms with Crippen LogP contribution in [0.2, 0.25) is 0 Å². The van der Waals surface area contributed by atoms with Crippen LogP contribution in [-0.2, 0) is 24.9 Å². The molecule has 0 saturated heterocycles. The maximum atomic E-state index is 13.1. The van der Waals surface area contributed by atoms with Crippen LogP contribution in [0.5, 0.6) is 0 Å². The third-order valence-corrected chi connectivity index (χ3v) is 4.72.